The number of carbonyl (C=O) groups is 1. The van der Waals surface area contributed by atoms with E-state index in [2.05, 4.69) is 12.1 Å². The molecule has 1 saturated heterocycles. The molecule has 1 aliphatic rings. The normalized spacial score (nSPS) is 18.1. The van der Waals surface area contributed by atoms with E-state index in [1.807, 2.05) is 23.1 Å². The predicted octanol–water partition coefficient (Wildman–Crippen LogP) is 1.44. The third-order valence-corrected chi connectivity index (χ3v) is 3.75. The van der Waals surface area contributed by atoms with Gasteiger partial charge in [-0.15, -0.1) is 0 Å². The van der Waals surface area contributed by atoms with Crippen LogP contribution in [-0.4, -0.2) is 43.7 Å². The maximum atomic E-state index is 12.3. The van der Waals surface area contributed by atoms with Crippen LogP contribution in [0.5, 0.6) is 0 Å². The Morgan fingerprint density at radius 1 is 1.30 bits per heavy atom. The highest BCUT2D eigenvalue weighted by molar-refractivity contribution is 5.76. The Kier molecular flexibility index (Phi) is 6.02. The van der Waals surface area contributed by atoms with E-state index >= 15 is 0 Å². The van der Waals surface area contributed by atoms with Gasteiger partial charge in [0, 0.05) is 39.3 Å². The molecule has 4 heteroatoms. The fourth-order valence-electron chi connectivity index (χ4n) is 2.55. The highest BCUT2D eigenvalue weighted by Crippen LogP contribution is 2.17. The molecule has 0 aliphatic carbocycles. The van der Waals surface area contributed by atoms with Crippen LogP contribution in [0, 0.1) is 5.92 Å². The van der Waals surface area contributed by atoms with Crippen molar-refractivity contribution < 1.29 is 9.53 Å². The third kappa shape index (κ3) is 4.62. The number of carbonyl (C=O) groups excluding carboxylic acids is 1. The summed E-state index contributed by atoms with van der Waals surface area (Å²) in [6.07, 6.45) is 2.48. The second-order valence-electron chi connectivity index (χ2n) is 5.34. The zero-order valence-corrected chi connectivity index (χ0v) is 12.0. The number of ether oxygens (including phenoxy) is 1. The topological polar surface area (TPSA) is 55.6 Å². The van der Waals surface area contributed by atoms with Crippen molar-refractivity contribution >= 4 is 5.91 Å². The summed E-state index contributed by atoms with van der Waals surface area (Å²) in [6.45, 7) is 3.41. The van der Waals surface area contributed by atoms with Crippen LogP contribution < -0.4 is 5.73 Å². The lowest BCUT2D eigenvalue weighted by molar-refractivity contribution is -0.132. The summed E-state index contributed by atoms with van der Waals surface area (Å²) in [5.41, 5.74) is 6.88. The van der Waals surface area contributed by atoms with Crippen LogP contribution in [0.3, 0.4) is 0 Å². The Bertz CT molecular complexity index is 402. The van der Waals surface area contributed by atoms with Gasteiger partial charge in [0.2, 0.25) is 5.91 Å². The van der Waals surface area contributed by atoms with E-state index < -0.39 is 0 Å². The minimum Gasteiger partial charge on any atom is -0.381 e. The number of hydrogen-bond acceptors (Lipinski definition) is 3. The molecule has 110 valence electrons. The van der Waals surface area contributed by atoms with Gasteiger partial charge in [-0.3, -0.25) is 4.79 Å². The lowest BCUT2D eigenvalue weighted by Gasteiger charge is -2.23. The number of nitrogens with two attached hydrogens (primary N) is 1. The molecule has 1 atom stereocenters. The Balaban J connectivity index is 1.83. The molecule has 1 heterocycles. The van der Waals surface area contributed by atoms with Crippen LogP contribution in [0.2, 0.25) is 0 Å². The van der Waals surface area contributed by atoms with E-state index in [0.717, 1.165) is 32.6 Å². The van der Waals surface area contributed by atoms with Gasteiger partial charge in [0.15, 0.2) is 0 Å². The molecule has 1 aliphatic heterocycles. The molecule has 4 nitrogen and oxygen atoms in total. The molecule has 1 aromatic carbocycles. The van der Waals surface area contributed by atoms with E-state index in [0.29, 0.717) is 25.4 Å². The summed E-state index contributed by atoms with van der Waals surface area (Å²) in [7, 11) is 0. The molecule has 0 aromatic heterocycles. The van der Waals surface area contributed by atoms with Gasteiger partial charge >= 0.3 is 0 Å². The fourth-order valence-corrected chi connectivity index (χ4v) is 2.55. The lowest BCUT2D eigenvalue weighted by atomic mass is 10.0. The van der Waals surface area contributed by atoms with Gasteiger partial charge in [0.25, 0.3) is 0 Å². The molecule has 1 aromatic rings. The zero-order chi connectivity index (χ0) is 14.2. The van der Waals surface area contributed by atoms with Crippen molar-refractivity contribution in [2.24, 2.45) is 11.7 Å². The highest BCUT2D eigenvalue weighted by atomic mass is 16.5. The van der Waals surface area contributed by atoms with Gasteiger partial charge in [0.05, 0.1) is 0 Å². The predicted molar refractivity (Wildman–Crippen MR) is 79.3 cm³/mol. The van der Waals surface area contributed by atoms with Gasteiger partial charge in [-0.1, -0.05) is 30.3 Å². The second-order valence-corrected chi connectivity index (χ2v) is 5.34. The van der Waals surface area contributed by atoms with Crippen molar-refractivity contribution in [2.75, 3.05) is 32.8 Å². The molecule has 2 N–H and O–H groups in total. The maximum absolute atomic E-state index is 12.3. The van der Waals surface area contributed by atoms with E-state index in [4.69, 9.17) is 10.5 Å². The first kappa shape index (κ1) is 15.0. The molecule has 1 amide bonds. The summed E-state index contributed by atoms with van der Waals surface area (Å²) in [5.74, 6) is 0.599. The Morgan fingerprint density at radius 3 is 2.75 bits per heavy atom. The van der Waals surface area contributed by atoms with Crippen molar-refractivity contribution in [3.05, 3.63) is 35.9 Å². The van der Waals surface area contributed by atoms with Gasteiger partial charge in [-0.2, -0.15) is 0 Å². The van der Waals surface area contributed by atoms with Crippen molar-refractivity contribution in [1.82, 2.24) is 4.90 Å². The molecule has 1 unspecified atom stereocenters. The minimum atomic E-state index is 0.210. The maximum Gasteiger partial charge on any atom is 0.222 e. The van der Waals surface area contributed by atoms with Gasteiger partial charge in [-0.25, -0.2) is 0 Å². The smallest absolute Gasteiger partial charge is 0.222 e. The van der Waals surface area contributed by atoms with Crippen molar-refractivity contribution in [3.63, 3.8) is 0 Å². The minimum absolute atomic E-state index is 0.210. The van der Waals surface area contributed by atoms with Gasteiger partial charge in [-0.05, 0) is 24.3 Å². The monoisotopic (exact) mass is 276 g/mol. The van der Waals surface area contributed by atoms with E-state index in [-0.39, 0.29) is 5.91 Å². The molecule has 1 fully saturated rings. The SMILES string of the molecule is NCCN(CCc1ccccc1)C(=O)CC1CCOC1. The number of rotatable bonds is 7. The summed E-state index contributed by atoms with van der Waals surface area (Å²) in [4.78, 5) is 14.2. The number of hydrogen-bond donors (Lipinski definition) is 1. The fraction of sp³-hybridized carbons (Fsp3) is 0.562. The molecule has 2 rings (SSSR count). The molecule has 0 saturated carbocycles. The standard InChI is InChI=1S/C16H24N2O2/c17-8-10-18(9-6-14-4-2-1-3-5-14)16(19)12-15-7-11-20-13-15/h1-5,15H,6-13,17H2. The van der Waals surface area contributed by atoms with Crippen molar-refractivity contribution in [2.45, 2.75) is 19.3 Å². The molecular weight excluding hydrogens is 252 g/mol. The quantitative estimate of drug-likeness (QED) is 0.820. The summed E-state index contributed by atoms with van der Waals surface area (Å²) in [6, 6.07) is 10.2. The summed E-state index contributed by atoms with van der Waals surface area (Å²) >= 11 is 0. The van der Waals surface area contributed by atoms with Gasteiger partial charge in [0.1, 0.15) is 0 Å². The zero-order valence-electron chi connectivity index (χ0n) is 12.0. The first-order chi connectivity index (χ1) is 9.79. The molecule has 0 spiro atoms. The van der Waals surface area contributed by atoms with Crippen LogP contribution >= 0.6 is 0 Å². The highest BCUT2D eigenvalue weighted by Gasteiger charge is 2.22. The summed E-state index contributed by atoms with van der Waals surface area (Å²) < 4.78 is 5.33. The van der Waals surface area contributed by atoms with Crippen molar-refractivity contribution in [1.29, 1.82) is 0 Å². The molecule has 0 bridgehead atoms. The number of benzene rings is 1. The van der Waals surface area contributed by atoms with E-state index in [1.54, 1.807) is 0 Å². The largest absolute Gasteiger partial charge is 0.381 e. The Labute approximate surface area is 120 Å². The van der Waals surface area contributed by atoms with E-state index in [1.165, 1.54) is 5.56 Å². The number of nitrogens with zero attached hydrogens (tertiary/aromatic N) is 1. The summed E-state index contributed by atoms with van der Waals surface area (Å²) in [5, 5.41) is 0. The van der Waals surface area contributed by atoms with E-state index in [9.17, 15) is 4.79 Å². The average molecular weight is 276 g/mol. The lowest BCUT2D eigenvalue weighted by Crippen LogP contribution is -2.37. The molecule has 20 heavy (non-hydrogen) atoms. The molecule has 0 radical (unpaired) electrons. The second kappa shape index (κ2) is 8.02. The van der Waals surface area contributed by atoms with Crippen LogP contribution in [0.1, 0.15) is 18.4 Å². The van der Waals surface area contributed by atoms with Gasteiger partial charge < -0.3 is 15.4 Å². The first-order valence-corrected chi connectivity index (χ1v) is 7.39. The molecular formula is C16H24N2O2. The Hall–Kier alpha value is -1.39. The van der Waals surface area contributed by atoms with Crippen LogP contribution in [0.15, 0.2) is 30.3 Å². The van der Waals surface area contributed by atoms with Crippen LogP contribution in [0.25, 0.3) is 0 Å². The number of amides is 1. The Morgan fingerprint density at radius 2 is 2.10 bits per heavy atom. The third-order valence-electron chi connectivity index (χ3n) is 3.75. The van der Waals surface area contributed by atoms with Crippen LogP contribution in [-0.2, 0) is 16.0 Å². The average Bonchev–Trinajstić information content (AvgIpc) is 2.97. The van der Waals surface area contributed by atoms with Crippen LogP contribution in [0.4, 0.5) is 0 Å². The van der Waals surface area contributed by atoms with Crippen molar-refractivity contribution in [3.8, 4) is 0 Å². The first-order valence-electron chi connectivity index (χ1n) is 7.39.